The first-order valence-corrected chi connectivity index (χ1v) is 8.31. The Morgan fingerprint density at radius 3 is 2.71 bits per heavy atom. The minimum atomic E-state index is -0.312. The van der Waals surface area contributed by atoms with Crippen molar-refractivity contribution < 1.29 is 9.59 Å². The molecule has 0 radical (unpaired) electrons. The fraction of sp³-hybridized carbons (Fsp3) is 0.250. The summed E-state index contributed by atoms with van der Waals surface area (Å²) in [5.41, 5.74) is 2.08. The van der Waals surface area contributed by atoms with Gasteiger partial charge in [-0.25, -0.2) is 0 Å². The van der Waals surface area contributed by atoms with Crippen LogP contribution in [0, 0.1) is 6.92 Å². The number of aryl methyl sites for hydroxylation is 1. The standard InChI is InChI=1S/C16H14BrNO2S/c1-9-3-2-4-10(7-9)15-11(8-14(19)18-16(15)20)12-5-6-13(17)21-12/h2-7,11,15H,8H2,1H3,(H,18,19,20). The van der Waals surface area contributed by atoms with Crippen molar-refractivity contribution in [2.45, 2.75) is 25.2 Å². The van der Waals surface area contributed by atoms with Crippen LogP contribution in [0.15, 0.2) is 40.2 Å². The summed E-state index contributed by atoms with van der Waals surface area (Å²) in [7, 11) is 0. The molecule has 3 nitrogen and oxygen atoms in total. The molecule has 1 aromatic heterocycles. The lowest BCUT2D eigenvalue weighted by molar-refractivity contribution is -0.135. The van der Waals surface area contributed by atoms with Gasteiger partial charge in [-0.3, -0.25) is 14.9 Å². The Labute approximate surface area is 135 Å². The van der Waals surface area contributed by atoms with E-state index < -0.39 is 0 Å². The largest absolute Gasteiger partial charge is 0.296 e. The summed E-state index contributed by atoms with van der Waals surface area (Å²) in [5.74, 6) is -0.803. The van der Waals surface area contributed by atoms with Crippen molar-refractivity contribution in [2.24, 2.45) is 0 Å². The lowest BCUT2D eigenvalue weighted by Crippen LogP contribution is -2.43. The molecule has 108 valence electrons. The maximum atomic E-state index is 12.4. The van der Waals surface area contributed by atoms with Crippen LogP contribution < -0.4 is 5.32 Å². The monoisotopic (exact) mass is 363 g/mol. The second-order valence-electron chi connectivity index (χ2n) is 5.26. The van der Waals surface area contributed by atoms with Crippen LogP contribution in [0.3, 0.4) is 0 Å². The van der Waals surface area contributed by atoms with Crippen LogP contribution in [0.2, 0.25) is 0 Å². The Balaban J connectivity index is 2.04. The van der Waals surface area contributed by atoms with Crippen LogP contribution >= 0.6 is 27.3 Å². The normalized spacial score (nSPS) is 22.2. The van der Waals surface area contributed by atoms with E-state index in [0.29, 0.717) is 6.42 Å². The topological polar surface area (TPSA) is 46.2 Å². The first-order chi connectivity index (χ1) is 10.0. The SMILES string of the molecule is Cc1cccc(C2C(=O)NC(=O)CC2c2ccc(Br)s2)c1. The van der Waals surface area contributed by atoms with Gasteiger partial charge in [0.25, 0.3) is 0 Å². The zero-order chi connectivity index (χ0) is 15.0. The van der Waals surface area contributed by atoms with Gasteiger partial charge in [-0.1, -0.05) is 29.8 Å². The molecule has 2 amide bonds. The summed E-state index contributed by atoms with van der Waals surface area (Å²) in [6, 6.07) is 11.9. The van der Waals surface area contributed by atoms with E-state index in [0.717, 1.165) is 19.8 Å². The van der Waals surface area contributed by atoms with Gasteiger partial charge in [0.2, 0.25) is 11.8 Å². The number of hydrogen-bond acceptors (Lipinski definition) is 3. The van der Waals surface area contributed by atoms with Crippen molar-refractivity contribution >= 4 is 39.1 Å². The number of imide groups is 1. The van der Waals surface area contributed by atoms with Crippen LogP contribution in [-0.2, 0) is 9.59 Å². The molecule has 21 heavy (non-hydrogen) atoms. The molecule has 2 heterocycles. The molecule has 1 N–H and O–H groups in total. The molecule has 1 aromatic carbocycles. The second-order valence-corrected chi connectivity index (χ2v) is 7.75. The molecule has 1 aliphatic rings. The van der Waals surface area contributed by atoms with Gasteiger partial charge in [-0.05, 0) is 40.5 Å². The Kier molecular flexibility index (Phi) is 3.95. The maximum Gasteiger partial charge on any atom is 0.234 e. The fourth-order valence-corrected chi connectivity index (χ4v) is 4.37. The summed E-state index contributed by atoms with van der Waals surface area (Å²) in [4.78, 5) is 25.2. The highest BCUT2D eigenvalue weighted by Gasteiger charge is 2.38. The minimum absolute atomic E-state index is 0.0932. The smallest absolute Gasteiger partial charge is 0.234 e. The van der Waals surface area contributed by atoms with Crippen molar-refractivity contribution in [3.05, 3.63) is 56.2 Å². The minimum Gasteiger partial charge on any atom is -0.296 e. The van der Waals surface area contributed by atoms with E-state index in [1.165, 1.54) is 0 Å². The Bertz CT molecular complexity index is 710. The van der Waals surface area contributed by atoms with E-state index in [4.69, 9.17) is 0 Å². The third-order valence-corrected chi connectivity index (χ3v) is 5.47. The molecule has 0 saturated carbocycles. The van der Waals surface area contributed by atoms with Gasteiger partial charge in [0.05, 0.1) is 9.70 Å². The molecule has 5 heteroatoms. The van der Waals surface area contributed by atoms with Crippen LogP contribution in [0.4, 0.5) is 0 Å². The molecule has 1 saturated heterocycles. The molecule has 0 aliphatic carbocycles. The summed E-state index contributed by atoms with van der Waals surface area (Å²) < 4.78 is 1.01. The van der Waals surface area contributed by atoms with E-state index >= 15 is 0 Å². The number of carbonyl (C=O) groups excluding carboxylic acids is 2. The lowest BCUT2D eigenvalue weighted by Gasteiger charge is -2.30. The fourth-order valence-electron chi connectivity index (χ4n) is 2.81. The molecule has 2 aromatic rings. The van der Waals surface area contributed by atoms with Crippen molar-refractivity contribution in [1.29, 1.82) is 0 Å². The summed E-state index contributed by atoms with van der Waals surface area (Å²) in [6.45, 7) is 2.01. The molecule has 3 rings (SSSR count). The predicted molar refractivity (Wildman–Crippen MR) is 86.4 cm³/mol. The Hall–Kier alpha value is -1.46. The number of hydrogen-bond donors (Lipinski definition) is 1. The van der Waals surface area contributed by atoms with Gasteiger partial charge in [0.1, 0.15) is 0 Å². The Morgan fingerprint density at radius 1 is 1.24 bits per heavy atom. The van der Waals surface area contributed by atoms with E-state index in [-0.39, 0.29) is 23.7 Å². The van der Waals surface area contributed by atoms with Gasteiger partial charge in [-0.15, -0.1) is 11.3 Å². The van der Waals surface area contributed by atoms with E-state index in [9.17, 15) is 9.59 Å². The number of nitrogens with one attached hydrogen (secondary N) is 1. The molecular weight excluding hydrogens is 350 g/mol. The van der Waals surface area contributed by atoms with Gasteiger partial charge in [0, 0.05) is 17.2 Å². The zero-order valence-electron chi connectivity index (χ0n) is 11.4. The third-order valence-electron chi connectivity index (χ3n) is 3.71. The van der Waals surface area contributed by atoms with Gasteiger partial charge < -0.3 is 0 Å². The lowest BCUT2D eigenvalue weighted by atomic mass is 9.79. The average Bonchev–Trinajstić information content (AvgIpc) is 2.84. The van der Waals surface area contributed by atoms with Crippen LogP contribution in [-0.4, -0.2) is 11.8 Å². The van der Waals surface area contributed by atoms with Crippen LogP contribution in [0.25, 0.3) is 0 Å². The number of thiophene rings is 1. The van der Waals surface area contributed by atoms with Crippen molar-refractivity contribution in [3.63, 3.8) is 0 Å². The van der Waals surface area contributed by atoms with Gasteiger partial charge in [0.15, 0.2) is 0 Å². The highest BCUT2D eigenvalue weighted by Crippen LogP contribution is 2.42. The molecule has 0 bridgehead atoms. The molecule has 1 aliphatic heterocycles. The summed E-state index contributed by atoms with van der Waals surface area (Å²) in [6.07, 6.45) is 0.345. The summed E-state index contributed by atoms with van der Waals surface area (Å²) in [5, 5.41) is 2.47. The van der Waals surface area contributed by atoms with E-state index in [1.807, 2.05) is 43.3 Å². The number of piperidine rings is 1. The number of amides is 2. The zero-order valence-corrected chi connectivity index (χ0v) is 13.8. The Morgan fingerprint density at radius 2 is 2.05 bits per heavy atom. The molecular formula is C16H14BrNO2S. The van der Waals surface area contributed by atoms with Crippen LogP contribution in [0.1, 0.15) is 34.3 Å². The number of rotatable bonds is 2. The number of benzene rings is 1. The first kappa shape index (κ1) is 14.5. The van der Waals surface area contributed by atoms with Gasteiger partial charge in [-0.2, -0.15) is 0 Å². The quantitative estimate of drug-likeness (QED) is 0.826. The van der Waals surface area contributed by atoms with E-state index in [1.54, 1.807) is 11.3 Å². The molecule has 0 spiro atoms. The molecule has 2 unspecified atom stereocenters. The predicted octanol–water partition coefficient (Wildman–Crippen LogP) is 3.73. The van der Waals surface area contributed by atoms with Crippen LogP contribution in [0.5, 0.6) is 0 Å². The van der Waals surface area contributed by atoms with Crippen molar-refractivity contribution in [2.75, 3.05) is 0 Å². The first-order valence-electron chi connectivity index (χ1n) is 6.70. The van der Waals surface area contributed by atoms with E-state index in [2.05, 4.69) is 21.2 Å². The average molecular weight is 364 g/mol. The van der Waals surface area contributed by atoms with Gasteiger partial charge >= 0.3 is 0 Å². The number of carbonyl (C=O) groups is 2. The molecule has 2 atom stereocenters. The highest BCUT2D eigenvalue weighted by atomic mass is 79.9. The second kappa shape index (κ2) is 5.73. The van der Waals surface area contributed by atoms with Crippen molar-refractivity contribution in [3.8, 4) is 0 Å². The van der Waals surface area contributed by atoms with Crippen molar-refractivity contribution in [1.82, 2.24) is 5.32 Å². The highest BCUT2D eigenvalue weighted by molar-refractivity contribution is 9.11. The number of halogens is 1. The summed E-state index contributed by atoms with van der Waals surface area (Å²) >= 11 is 5.04. The maximum absolute atomic E-state index is 12.4. The third kappa shape index (κ3) is 2.94. The molecule has 1 fully saturated rings.